The Morgan fingerprint density at radius 1 is 0.309 bits per heavy atom. The van der Waals surface area contributed by atoms with Gasteiger partial charge in [0, 0.05) is 17.1 Å². The van der Waals surface area contributed by atoms with Crippen molar-refractivity contribution in [2.24, 2.45) is 0 Å². The van der Waals surface area contributed by atoms with E-state index in [0.29, 0.717) is 0 Å². The molecule has 55 heavy (non-hydrogen) atoms. The number of hydrogen-bond acceptors (Lipinski definition) is 1. The number of benzene rings is 9. The average molecular weight is 702 g/mol. The van der Waals surface area contributed by atoms with Crippen molar-refractivity contribution >= 4 is 55.0 Å². The quantitative estimate of drug-likeness (QED) is 0.150. The predicted molar refractivity (Wildman–Crippen MR) is 236 cm³/mol. The number of rotatable bonds is 7. The van der Waals surface area contributed by atoms with Crippen LogP contribution in [0.25, 0.3) is 71.3 Å². The molecule has 0 atom stereocenters. The Balaban J connectivity index is 0.994. The zero-order chi connectivity index (χ0) is 36.6. The maximum Gasteiger partial charge on any atom is 0.0462 e. The second-order valence-electron chi connectivity index (χ2n) is 14.4. The first-order valence-electron chi connectivity index (χ1n) is 19.2. The highest BCUT2D eigenvalue weighted by Gasteiger charge is 2.16. The summed E-state index contributed by atoms with van der Waals surface area (Å²) in [6.07, 6.45) is 9.07. The summed E-state index contributed by atoms with van der Waals surface area (Å²) < 4.78 is 0. The molecule has 0 saturated carbocycles. The summed E-state index contributed by atoms with van der Waals surface area (Å²) >= 11 is 0. The van der Waals surface area contributed by atoms with Crippen molar-refractivity contribution in [1.29, 1.82) is 0 Å². The molecule has 1 nitrogen and oxygen atoms in total. The lowest BCUT2D eigenvalue weighted by Crippen LogP contribution is -2.10. The van der Waals surface area contributed by atoms with E-state index in [1.165, 1.54) is 76.8 Å². The van der Waals surface area contributed by atoms with Crippen LogP contribution in [0.5, 0.6) is 0 Å². The van der Waals surface area contributed by atoms with Gasteiger partial charge in [-0.2, -0.15) is 0 Å². The molecular weight excluding hydrogens is 663 g/mol. The standard InChI is InChI=1S/C54H39N/c1-3-12-38(13-4-1)41-26-32-45(33-27-41)55(46-34-28-42(29-35-46)39-14-5-2-6-15-39)47-36-30-43(31-37-47)40-22-24-44(25-23-40)48-20-11-21-53-51-17-8-7-16-49(51)50-18-9-10-19-52(50)54(48)53/h1,3-5,7-37H,2,6H2. The zero-order valence-electron chi connectivity index (χ0n) is 30.6. The molecule has 0 saturated heterocycles. The maximum absolute atomic E-state index is 2.35. The molecular formula is C54H39N. The van der Waals surface area contributed by atoms with Crippen molar-refractivity contribution in [1.82, 2.24) is 0 Å². The topological polar surface area (TPSA) is 3.24 Å². The zero-order valence-corrected chi connectivity index (χ0v) is 30.6. The van der Waals surface area contributed by atoms with E-state index >= 15 is 0 Å². The predicted octanol–water partition coefficient (Wildman–Crippen LogP) is 15.4. The Morgan fingerprint density at radius 2 is 0.727 bits per heavy atom. The summed E-state index contributed by atoms with van der Waals surface area (Å²) in [6.45, 7) is 0. The lowest BCUT2D eigenvalue weighted by atomic mass is 9.89. The molecule has 9 aromatic rings. The highest BCUT2D eigenvalue weighted by molar-refractivity contribution is 6.28. The van der Waals surface area contributed by atoms with E-state index in [0.717, 1.165) is 29.9 Å². The van der Waals surface area contributed by atoms with Crippen molar-refractivity contribution in [3.63, 3.8) is 0 Å². The van der Waals surface area contributed by atoms with Crippen LogP contribution >= 0.6 is 0 Å². The fraction of sp³-hybridized carbons (Fsp3) is 0.0370. The van der Waals surface area contributed by atoms with Gasteiger partial charge < -0.3 is 4.90 Å². The Labute approximate surface area is 322 Å². The molecule has 260 valence electrons. The molecule has 0 spiro atoms. The molecule has 10 rings (SSSR count). The number of allylic oxidation sites excluding steroid dienone is 4. The molecule has 0 radical (unpaired) electrons. The first-order valence-corrected chi connectivity index (χ1v) is 19.2. The molecule has 1 aliphatic rings. The SMILES string of the molecule is C1=CC(c2ccc(N(c3ccc(-c4ccccc4)cc3)c3ccc(-c4ccc(-c5cccc6c7ccccc7c7ccccc7c56)cc4)cc3)cc2)=CCC1. The van der Waals surface area contributed by atoms with Gasteiger partial charge in [-0.3, -0.25) is 0 Å². The van der Waals surface area contributed by atoms with Crippen LogP contribution in [0.15, 0.2) is 212 Å². The number of hydrogen-bond donors (Lipinski definition) is 0. The molecule has 0 fully saturated rings. The van der Waals surface area contributed by atoms with Crippen LogP contribution in [0, 0.1) is 0 Å². The van der Waals surface area contributed by atoms with Gasteiger partial charge in [-0.05, 0) is 126 Å². The molecule has 0 unspecified atom stereocenters. The first kappa shape index (κ1) is 32.7. The summed E-state index contributed by atoms with van der Waals surface area (Å²) in [6, 6.07) is 70.9. The summed E-state index contributed by atoms with van der Waals surface area (Å²) in [5.74, 6) is 0. The highest BCUT2D eigenvalue weighted by Crippen LogP contribution is 2.41. The van der Waals surface area contributed by atoms with Crippen molar-refractivity contribution in [3.8, 4) is 33.4 Å². The van der Waals surface area contributed by atoms with Crippen molar-refractivity contribution < 1.29 is 0 Å². The smallest absolute Gasteiger partial charge is 0.0462 e. The Hall–Kier alpha value is -6.96. The summed E-state index contributed by atoms with van der Waals surface area (Å²) in [5.41, 5.74) is 13.2. The highest BCUT2D eigenvalue weighted by atomic mass is 15.1. The fourth-order valence-electron chi connectivity index (χ4n) is 8.35. The third-order valence-corrected chi connectivity index (χ3v) is 11.1. The summed E-state index contributed by atoms with van der Waals surface area (Å²) in [4.78, 5) is 2.35. The van der Waals surface area contributed by atoms with Crippen molar-refractivity contribution in [3.05, 3.63) is 218 Å². The van der Waals surface area contributed by atoms with Crippen LogP contribution in [0.2, 0.25) is 0 Å². The molecule has 0 bridgehead atoms. The maximum atomic E-state index is 2.35. The lowest BCUT2D eigenvalue weighted by Gasteiger charge is -2.26. The molecule has 0 heterocycles. The van der Waals surface area contributed by atoms with Crippen LogP contribution in [-0.2, 0) is 0 Å². The minimum atomic E-state index is 1.10. The van der Waals surface area contributed by atoms with Gasteiger partial charge in [-0.15, -0.1) is 0 Å². The third kappa shape index (κ3) is 6.10. The second-order valence-corrected chi connectivity index (χ2v) is 14.4. The summed E-state index contributed by atoms with van der Waals surface area (Å²) in [7, 11) is 0. The number of fused-ring (bicyclic) bond motifs is 6. The molecule has 9 aromatic carbocycles. The van der Waals surface area contributed by atoms with Gasteiger partial charge in [-0.1, -0.05) is 176 Å². The Bertz CT molecular complexity index is 2820. The van der Waals surface area contributed by atoms with Crippen LogP contribution in [0.4, 0.5) is 17.1 Å². The first-order chi connectivity index (χ1) is 27.3. The van der Waals surface area contributed by atoms with Crippen molar-refractivity contribution in [2.45, 2.75) is 12.8 Å². The minimum Gasteiger partial charge on any atom is -0.311 e. The second kappa shape index (κ2) is 14.1. The number of nitrogens with zero attached hydrogens (tertiary/aromatic N) is 1. The molecule has 1 heteroatoms. The number of anilines is 3. The van der Waals surface area contributed by atoms with E-state index in [2.05, 4.69) is 217 Å². The van der Waals surface area contributed by atoms with Gasteiger partial charge in [0.05, 0.1) is 0 Å². The van der Waals surface area contributed by atoms with Gasteiger partial charge in [0.2, 0.25) is 0 Å². The largest absolute Gasteiger partial charge is 0.311 e. The van der Waals surface area contributed by atoms with Crippen LogP contribution in [0.1, 0.15) is 18.4 Å². The van der Waals surface area contributed by atoms with Gasteiger partial charge in [-0.25, -0.2) is 0 Å². The summed E-state index contributed by atoms with van der Waals surface area (Å²) in [5, 5.41) is 7.80. The van der Waals surface area contributed by atoms with Gasteiger partial charge in [0.15, 0.2) is 0 Å². The van der Waals surface area contributed by atoms with E-state index < -0.39 is 0 Å². The van der Waals surface area contributed by atoms with Crippen molar-refractivity contribution in [2.75, 3.05) is 4.90 Å². The van der Waals surface area contributed by atoms with Gasteiger partial charge >= 0.3 is 0 Å². The third-order valence-electron chi connectivity index (χ3n) is 11.1. The van der Waals surface area contributed by atoms with E-state index in [4.69, 9.17) is 0 Å². The van der Waals surface area contributed by atoms with Crippen LogP contribution < -0.4 is 4.90 Å². The molecule has 0 N–H and O–H groups in total. The van der Waals surface area contributed by atoms with E-state index in [1.54, 1.807) is 0 Å². The van der Waals surface area contributed by atoms with E-state index in [1.807, 2.05) is 0 Å². The molecule has 0 aliphatic heterocycles. The van der Waals surface area contributed by atoms with Gasteiger partial charge in [0.1, 0.15) is 0 Å². The minimum absolute atomic E-state index is 1.10. The molecule has 0 amide bonds. The van der Waals surface area contributed by atoms with E-state index in [9.17, 15) is 0 Å². The molecule has 1 aliphatic carbocycles. The lowest BCUT2D eigenvalue weighted by molar-refractivity contribution is 1.04. The van der Waals surface area contributed by atoms with E-state index in [-0.39, 0.29) is 0 Å². The van der Waals surface area contributed by atoms with Crippen LogP contribution in [-0.4, -0.2) is 0 Å². The normalized spacial score (nSPS) is 12.6. The van der Waals surface area contributed by atoms with Crippen LogP contribution in [0.3, 0.4) is 0 Å². The molecule has 0 aromatic heterocycles. The Morgan fingerprint density at radius 3 is 1.25 bits per heavy atom. The van der Waals surface area contributed by atoms with Gasteiger partial charge in [0.25, 0.3) is 0 Å². The average Bonchev–Trinajstić information content (AvgIpc) is 3.28. The fourth-order valence-corrected chi connectivity index (χ4v) is 8.35. The Kier molecular flexibility index (Phi) is 8.39. The monoisotopic (exact) mass is 701 g/mol.